The van der Waals surface area contributed by atoms with Gasteiger partial charge in [-0.25, -0.2) is 0 Å². The van der Waals surface area contributed by atoms with E-state index in [2.05, 4.69) is 58.7 Å². The normalized spacial score (nSPS) is 20.9. The topological polar surface area (TPSA) is 12.0 Å². The first-order valence-electron chi connectivity index (χ1n) is 6.76. The van der Waals surface area contributed by atoms with Crippen molar-refractivity contribution in [1.29, 1.82) is 0 Å². The quantitative estimate of drug-likeness (QED) is 0.785. The molecule has 1 aliphatic carbocycles. The van der Waals surface area contributed by atoms with E-state index < -0.39 is 8.41 Å². The molecular weight excluding hydrogens is 288 g/mol. The van der Waals surface area contributed by atoms with E-state index in [-0.39, 0.29) is 5.54 Å². The van der Waals surface area contributed by atoms with Crippen LogP contribution in [0.15, 0.2) is 22.3 Å². The van der Waals surface area contributed by atoms with Gasteiger partial charge in [0.05, 0.1) is 0 Å². The molecule has 1 aliphatic rings. The SMILES string of the molecule is CC1=C(C)C(C)C(C(=[Si](C)C)C(C)(C)[NH][Zn])=C1C. The standard InChI is InChI=1S/C15H26NSi.Zn/c1-9-10(2)12(4)13(11(9)3)14(17(7)8)15(5,6)16;/h11,16H,1-8H3;/q-1;+1. The number of allylic oxidation sites excluding steroid dienone is 3. The molecule has 0 saturated carbocycles. The third-order valence-electron chi connectivity index (χ3n) is 4.48. The zero-order valence-electron chi connectivity index (χ0n) is 13.3. The monoisotopic (exact) mass is 312 g/mol. The molecule has 0 aromatic heterocycles. The van der Waals surface area contributed by atoms with Gasteiger partial charge >= 0.3 is 125 Å². The molecule has 0 aromatic rings. The first-order valence-corrected chi connectivity index (χ1v) is 10.7. The van der Waals surface area contributed by atoms with Crippen molar-refractivity contribution < 1.29 is 18.5 Å². The zero-order valence-corrected chi connectivity index (χ0v) is 17.3. The van der Waals surface area contributed by atoms with Crippen LogP contribution in [0.25, 0.3) is 0 Å². The second-order valence-corrected chi connectivity index (χ2v) is 9.49. The van der Waals surface area contributed by atoms with Crippen molar-refractivity contribution in [2.75, 3.05) is 0 Å². The minimum absolute atomic E-state index is 0.160. The van der Waals surface area contributed by atoms with Gasteiger partial charge in [-0.15, -0.1) is 0 Å². The second-order valence-electron chi connectivity index (χ2n) is 6.25. The van der Waals surface area contributed by atoms with Crippen molar-refractivity contribution in [3.63, 3.8) is 0 Å². The van der Waals surface area contributed by atoms with Gasteiger partial charge in [0, 0.05) is 0 Å². The number of hydrogen-bond acceptors (Lipinski definition) is 1. The van der Waals surface area contributed by atoms with Crippen LogP contribution in [0.4, 0.5) is 0 Å². The average molecular weight is 314 g/mol. The Morgan fingerprint density at radius 1 is 1.17 bits per heavy atom. The molecular formula is C15H26NSiZn. The summed E-state index contributed by atoms with van der Waals surface area (Å²) < 4.78 is 3.63. The molecule has 18 heavy (non-hydrogen) atoms. The summed E-state index contributed by atoms with van der Waals surface area (Å²) in [5.41, 5.74) is 6.40. The van der Waals surface area contributed by atoms with E-state index in [1.807, 2.05) is 0 Å². The van der Waals surface area contributed by atoms with Crippen molar-refractivity contribution in [2.45, 2.75) is 60.2 Å². The summed E-state index contributed by atoms with van der Waals surface area (Å²) >= 11 is 1.15. The van der Waals surface area contributed by atoms with Crippen molar-refractivity contribution in [2.24, 2.45) is 5.92 Å². The first kappa shape index (κ1) is 16.2. The van der Waals surface area contributed by atoms with Gasteiger partial charge in [0.25, 0.3) is 0 Å². The Morgan fingerprint density at radius 2 is 1.67 bits per heavy atom. The summed E-state index contributed by atoms with van der Waals surface area (Å²) in [6, 6.07) is 0. The van der Waals surface area contributed by atoms with E-state index in [0.29, 0.717) is 5.92 Å². The summed E-state index contributed by atoms with van der Waals surface area (Å²) in [6.45, 7) is 18.8. The number of nitrogens with one attached hydrogen (secondary N) is 1. The van der Waals surface area contributed by atoms with Crippen molar-refractivity contribution in [1.82, 2.24) is 4.06 Å². The van der Waals surface area contributed by atoms with Crippen LogP contribution >= 0.6 is 0 Å². The fraction of sp³-hybridized carbons (Fsp3) is 0.667. The molecule has 0 saturated heterocycles. The van der Waals surface area contributed by atoms with Gasteiger partial charge in [-0.05, 0) is 0 Å². The van der Waals surface area contributed by atoms with Crippen LogP contribution in [0, 0.1) is 5.92 Å². The minimum atomic E-state index is -0.447. The predicted molar refractivity (Wildman–Crippen MR) is 79.9 cm³/mol. The van der Waals surface area contributed by atoms with Gasteiger partial charge < -0.3 is 0 Å². The number of rotatable bonds is 3. The summed E-state index contributed by atoms with van der Waals surface area (Å²) in [5.74, 6) is 0.604. The summed E-state index contributed by atoms with van der Waals surface area (Å²) in [4.78, 5) is 0. The maximum absolute atomic E-state index is 3.63. The summed E-state index contributed by atoms with van der Waals surface area (Å²) in [5, 5.41) is 1.69. The van der Waals surface area contributed by atoms with E-state index in [9.17, 15) is 0 Å². The molecule has 3 heteroatoms. The first-order chi connectivity index (χ1) is 8.15. The van der Waals surface area contributed by atoms with Crippen LogP contribution < -0.4 is 4.06 Å². The number of hydrogen-bond donors (Lipinski definition) is 1. The van der Waals surface area contributed by atoms with Gasteiger partial charge in [0.1, 0.15) is 0 Å². The third kappa shape index (κ3) is 2.69. The van der Waals surface area contributed by atoms with Crippen molar-refractivity contribution in [3.8, 4) is 0 Å². The molecule has 0 bridgehead atoms. The maximum atomic E-state index is 3.63. The van der Waals surface area contributed by atoms with Crippen LogP contribution in [0.1, 0.15) is 41.5 Å². The van der Waals surface area contributed by atoms with Crippen LogP contribution in [0.2, 0.25) is 13.1 Å². The molecule has 1 nitrogen and oxygen atoms in total. The van der Waals surface area contributed by atoms with E-state index in [1.165, 1.54) is 11.1 Å². The van der Waals surface area contributed by atoms with Gasteiger partial charge in [0.2, 0.25) is 0 Å². The van der Waals surface area contributed by atoms with Gasteiger partial charge in [-0.1, -0.05) is 0 Å². The molecule has 1 rings (SSSR count). The van der Waals surface area contributed by atoms with Crippen LogP contribution in [-0.4, -0.2) is 19.1 Å². The molecule has 0 fully saturated rings. The molecule has 0 amide bonds. The molecule has 0 spiro atoms. The second kappa shape index (κ2) is 5.65. The molecule has 1 atom stereocenters. The Bertz CT molecular complexity index is 451. The van der Waals surface area contributed by atoms with Crippen molar-refractivity contribution in [3.05, 3.63) is 22.3 Å². The van der Waals surface area contributed by atoms with Gasteiger partial charge in [-0.2, -0.15) is 0 Å². The molecule has 1 N–H and O–H groups in total. The van der Waals surface area contributed by atoms with Crippen LogP contribution in [-0.2, 0) is 18.5 Å². The van der Waals surface area contributed by atoms with E-state index in [0.717, 1.165) is 18.5 Å². The van der Waals surface area contributed by atoms with Crippen LogP contribution in [0.5, 0.6) is 0 Å². The van der Waals surface area contributed by atoms with Gasteiger partial charge in [-0.3, -0.25) is 0 Å². The summed E-state index contributed by atoms with van der Waals surface area (Å²) in [7, 11) is -0.447. The Labute approximate surface area is 124 Å². The van der Waals surface area contributed by atoms with E-state index >= 15 is 0 Å². The molecule has 97 valence electrons. The van der Waals surface area contributed by atoms with E-state index in [4.69, 9.17) is 0 Å². The van der Waals surface area contributed by atoms with Crippen LogP contribution in [0.3, 0.4) is 0 Å². The molecule has 0 aliphatic heterocycles. The Hall–Kier alpha value is 0.150. The van der Waals surface area contributed by atoms with Crippen molar-refractivity contribution >= 4 is 13.6 Å². The molecule has 0 aromatic carbocycles. The Balaban J connectivity index is 3.43. The predicted octanol–water partition coefficient (Wildman–Crippen LogP) is 3.63. The Kier molecular flexibility index (Phi) is 5.08. The molecule has 0 heterocycles. The van der Waals surface area contributed by atoms with Gasteiger partial charge in [0.15, 0.2) is 0 Å². The van der Waals surface area contributed by atoms with E-state index in [1.54, 1.807) is 16.3 Å². The Morgan fingerprint density at radius 3 is 1.94 bits per heavy atom. The fourth-order valence-corrected chi connectivity index (χ4v) is 6.11. The molecule has 0 radical (unpaired) electrons. The average Bonchev–Trinajstić information content (AvgIpc) is 2.46. The summed E-state index contributed by atoms with van der Waals surface area (Å²) in [6.07, 6.45) is 0. The zero-order chi connectivity index (χ0) is 14.2. The molecule has 1 unspecified atom stereocenters. The fourth-order valence-electron chi connectivity index (χ4n) is 3.09. The third-order valence-corrected chi connectivity index (χ3v) is 8.23.